The van der Waals surface area contributed by atoms with Crippen LogP contribution >= 0.6 is 0 Å². The van der Waals surface area contributed by atoms with Crippen LogP contribution in [-0.2, 0) is 4.74 Å². The molecular weight excluding hydrogens is 126 g/mol. The molecular formula is C8H15NO. The van der Waals surface area contributed by atoms with Crippen LogP contribution in [0.5, 0.6) is 0 Å². The van der Waals surface area contributed by atoms with Crippen molar-refractivity contribution in [3.8, 4) is 0 Å². The molecule has 2 bridgehead atoms. The van der Waals surface area contributed by atoms with Crippen LogP contribution in [0.1, 0.15) is 25.7 Å². The molecule has 0 saturated carbocycles. The number of ether oxygens (including phenoxy) is 1. The van der Waals surface area contributed by atoms with E-state index in [1.54, 1.807) is 0 Å². The second-order valence-electron chi connectivity index (χ2n) is 3.28. The predicted octanol–water partition coefficient (Wildman–Crippen LogP) is 0.917. The molecule has 0 aliphatic carbocycles. The summed E-state index contributed by atoms with van der Waals surface area (Å²) >= 11 is 0. The number of nitrogens with one attached hydrogen (secondary N) is 1. The van der Waals surface area contributed by atoms with Crippen molar-refractivity contribution >= 4 is 0 Å². The van der Waals surface area contributed by atoms with E-state index in [9.17, 15) is 0 Å². The first-order chi connectivity index (χ1) is 4.95. The largest absolute Gasteiger partial charge is 0.375 e. The lowest BCUT2D eigenvalue weighted by atomic mass is 10.1. The van der Waals surface area contributed by atoms with Crippen molar-refractivity contribution in [2.24, 2.45) is 0 Å². The first kappa shape index (κ1) is 6.62. The Morgan fingerprint density at radius 2 is 1.50 bits per heavy atom. The lowest BCUT2D eigenvalue weighted by Gasteiger charge is -2.17. The number of fused-ring (bicyclic) bond motifs is 2. The highest BCUT2D eigenvalue weighted by molar-refractivity contribution is 4.77. The first-order valence-corrected chi connectivity index (χ1v) is 4.31. The lowest BCUT2D eigenvalue weighted by Crippen LogP contribution is -2.27. The highest BCUT2D eigenvalue weighted by Crippen LogP contribution is 2.24. The molecule has 10 heavy (non-hydrogen) atoms. The van der Waals surface area contributed by atoms with Crippen LogP contribution in [0.4, 0.5) is 0 Å². The Bertz CT molecular complexity index is 104. The predicted molar refractivity (Wildman–Crippen MR) is 40.0 cm³/mol. The Labute approximate surface area is 61.9 Å². The topological polar surface area (TPSA) is 21.3 Å². The average molecular weight is 141 g/mol. The molecule has 0 spiro atoms. The normalized spacial score (nSPS) is 40.8. The van der Waals surface area contributed by atoms with Crippen molar-refractivity contribution in [3.05, 3.63) is 0 Å². The molecule has 2 aliphatic rings. The second kappa shape index (κ2) is 2.89. The van der Waals surface area contributed by atoms with Crippen molar-refractivity contribution in [3.63, 3.8) is 0 Å². The quantitative estimate of drug-likeness (QED) is 0.541. The van der Waals surface area contributed by atoms with Gasteiger partial charge in [-0.2, -0.15) is 0 Å². The van der Waals surface area contributed by atoms with Gasteiger partial charge in [0.25, 0.3) is 0 Å². The van der Waals surface area contributed by atoms with E-state index in [-0.39, 0.29) is 0 Å². The van der Waals surface area contributed by atoms with E-state index < -0.39 is 0 Å². The van der Waals surface area contributed by atoms with Gasteiger partial charge in [-0.3, -0.25) is 0 Å². The summed E-state index contributed by atoms with van der Waals surface area (Å²) in [4.78, 5) is 0. The molecule has 2 fully saturated rings. The molecule has 0 amide bonds. The first-order valence-electron chi connectivity index (χ1n) is 4.31. The fraction of sp³-hybridized carbons (Fsp3) is 1.00. The zero-order valence-electron chi connectivity index (χ0n) is 6.31. The van der Waals surface area contributed by atoms with Gasteiger partial charge in [0.1, 0.15) is 0 Å². The molecule has 0 aromatic rings. The minimum Gasteiger partial charge on any atom is -0.375 e. The maximum Gasteiger partial charge on any atom is 0.0592 e. The maximum absolute atomic E-state index is 5.76. The van der Waals surface area contributed by atoms with Gasteiger partial charge in [-0.05, 0) is 38.8 Å². The Hall–Kier alpha value is -0.0800. The second-order valence-corrected chi connectivity index (χ2v) is 3.28. The summed E-state index contributed by atoms with van der Waals surface area (Å²) in [7, 11) is 0. The molecule has 58 valence electrons. The van der Waals surface area contributed by atoms with E-state index in [0.717, 1.165) is 13.1 Å². The molecule has 2 nitrogen and oxygen atoms in total. The van der Waals surface area contributed by atoms with Crippen molar-refractivity contribution in [2.45, 2.75) is 37.9 Å². The fourth-order valence-corrected chi connectivity index (χ4v) is 1.86. The number of hydrogen-bond acceptors (Lipinski definition) is 2. The highest BCUT2D eigenvalue weighted by atomic mass is 16.5. The van der Waals surface area contributed by atoms with Crippen molar-refractivity contribution in [1.29, 1.82) is 0 Å². The molecule has 2 rings (SSSR count). The van der Waals surface area contributed by atoms with Crippen molar-refractivity contribution in [2.75, 3.05) is 13.1 Å². The minimum absolute atomic E-state index is 0.581. The lowest BCUT2D eigenvalue weighted by molar-refractivity contribution is 0.0294. The Morgan fingerprint density at radius 1 is 0.900 bits per heavy atom. The van der Waals surface area contributed by atoms with Gasteiger partial charge in [-0.25, -0.2) is 0 Å². The standard InChI is InChI=1S/C8H15NO/c1-2-8-4-6-9-5-3-7(1)10-8/h7-9H,1-6H2. The van der Waals surface area contributed by atoms with Gasteiger partial charge < -0.3 is 10.1 Å². The average Bonchev–Trinajstić information content (AvgIpc) is 2.30. The summed E-state index contributed by atoms with van der Waals surface area (Å²) in [6, 6.07) is 0. The van der Waals surface area contributed by atoms with Gasteiger partial charge in [0.2, 0.25) is 0 Å². The summed E-state index contributed by atoms with van der Waals surface area (Å²) in [5.41, 5.74) is 0. The number of rotatable bonds is 0. The van der Waals surface area contributed by atoms with Crippen LogP contribution in [0.25, 0.3) is 0 Å². The fourth-order valence-electron chi connectivity index (χ4n) is 1.86. The van der Waals surface area contributed by atoms with Gasteiger partial charge in [0.05, 0.1) is 12.2 Å². The van der Waals surface area contributed by atoms with Crippen LogP contribution in [0, 0.1) is 0 Å². The van der Waals surface area contributed by atoms with Crippen LogP contribution < -0.4 is 5.32 Å². The Balaban J connectivity index is 1.91. The molecule has 2 atom stereocenters. The van der Waals surface area contributed by atoms with Gasteiger partial charge in [-0.15, -0.1) is 0 Å². The van der Waals surface area contributed by atoms with E-state index in [0.29, 0.717) is 12.2 Å². The third-order valence-electron chi connectivity index (χ3n) is 2.48. The maximum atomic E-state index is 5.76. The molecule has 0 radical (unpaired) electrons. The number of hydrogen-bond donors (Lipinski definition) is 1. The zero-order chi connectivity index (χ0) is 6.81. The Kier molecular flexibility index (Phi) is 1.91. The molecule has 2 saturated heterocycles. The zero-order valence-corrected chi connectivity index (χ0v) is 6.31. The van der Waals surface area contributed by atoms with Crippen LogP contribution in [0.3, 0.4) is 0 Å². The van der Waals surface area contributed by atoms with E-state index in [1.165, 1.54) is 25.7 Å². The van der Waals surface area contributed by atoms with Crippen LogP contribution in [0.15, 0.2) is 0 Å². The summed E-state index contributed by atoms with van der Waals surface area (Å²) in [5, 5.41) is 3.41. The van der Waals surface area contributed by atoms with Gasteiger partial charge >= 0.3 is 0 Å². The van der Waals surface area contributed by atoms with Crippen LogP contribution in [-0.4, -0.2) is 25.3 Å². The molecule has 0 aromatic heterocycles. The summed E-state index contributed by atoms with van der Waals surface area (Å²) in [6.45, 7) is 2.30. The molecule has 0 aromatic carbocycles. The molecule has 2 aliphatic heterocycles. The van der Waals surface area contributed by atoms with E-state index in [1.807, 2.05) is 0 Å². The third kappa shape index (κ3) is 1.32. The molecule has 1 N–H and O–H groups in total. The molecule has 2 heterocycles. The summed E-state index contributed by atoms with van der Waals surface area (Å²) < 4.78 is 5.76. The van der Waals surface area contributed by atoms with Crippen LogP contribution in [0.2, 0.25) is 0 Å². The SMILES string of the molecule is C1CC2CCC(CCN1)O2. The van der Waals surface area contributed by atoms with Gasteiger partial charge in [0.15, 0.2) is 0 Å². The Morgan fingerprint density at radius 3 is 2.10 bits per heavy atom. The minimum atomic E-state index is 0.581. The monoisotopic (exact) mass is 141 g/mol. The molecule has 2 heteroatoms. The van der Waals surface area contributed by atoms with E-state index in [4.69, 9.17) is 4.74 Å². The smallest absolute Gasteiger partial charge is 0.0592 e. The van der Waals surface area contributed by atoms with Crippen molar-refractivity contribution < 1.29 is 4.74 Å². The van der Waals surface area contributed by atoms with E-state index >= 15 is 0 Å². The van der Waals surface area contributed by atoms with Gasteiger partial charge in [0, 0.05) is 0 Å². The third-order valence-corrected chi connectivity index (χ3v) is 2.48. The molecule has 2 unspecified atom stereocenters. The highest BCUT2D eigenvalue weighted by Gasteiger charge is 2.25. The van der Waals surface area contributed by atoms with Gasteiger partial charge in [-0.1, -0.05) is 0 Å². The summed E-state index contributed by atoms with van der Waals surface area (Å²) in [5.74, 6) is 0. The van der Waals surface area contributed by atoms with E-state index in [2.05, 4.69) is 5.32 Å². The summed E-state index contributed by atoms with van der Waals surface area (Å²) in [6.07, 6.45) is 6.20. The van der Waals surface area contributed by atoms with Crippen molar-refractivity contribution in [1.82, 2.24) is 5.32 Å².